The van der Waals surface area contributed by atoms with E-state index in [1.165, 1.54) is 12.8 Å². The molecule has 0 aliphatic heterocycles. The monoisotopic (exact) mass is 270 g/mol. The van der Waals surface area contributed by atoms with Crippen LogP contribution in [0.2, 0.25) is 0 Å². The normalized spacial score (nSPS) is 15.8. The number of hydrogen-bond donors (Lipinski definition) is 3. The van der Waals surface area contributed by atoms with Crippen LogP contribution in [0.3, 0.4) is 0 Å². The number of amides is 1. The molecular formula is C15H18N4O. The highest BCUT2D eigenvalue weighted by atomic mass is 16.1. The van der Waals surface area contributed by atoms with E-state index >= 15 is 0 Å². The van der Waals surface area contributed by atoms with Gasteiger partial charge in [-0.05, 0) is 18.8 Å². The molecule has 1 heterocycles. The van der Waals surface area contributed by atoms with Crippen molar-refractivity contribution < 1.29 is 4.79 Å². The third-order valence-electron chi connectivity index (χ3n) is 3.67. The number of aromatic nitrogens is 2. The molecule has 1 aromatic carbocycles. The second kappa shape index (κ2) is 5.46. The van der Waals surface area contributed by atoms with Crippen LogP contribution in [0.25, 0.3) is 11.3 Å². The fourth-order valence-electron chi connectivity index (χ4n) is 2.28. The highest BCUT2D eigenvalue weighted by Crippen LogP contribution is 2.31. The molecule has 104 valence electrons. The maximum absolute atomic E-state index is 12.2. The van der Waals surface area contributed by atoms with E-state index < -0.39 is 0 Å². The highest BCUT2D eigenvalue weighted by Gasteiger charge is 2.28. The number of nitrogens with two attached hydrogens (primary N) is 1. The van der Waals surface area contributed by atoms with Crippen LogP contribution in [0.4, 0.5) is 0 Å². The van der Waals surface area contributed by atoms with E-state index in [4.69, 9.17) is 5.73 Å². The van der Waals surface area contributed by atoms with Gasteiger partial charge < -0.3 is 11.1 Å². The van der Waals surface area contributed by atoms with Crippen molar-refractivity contribution in [2.24, 2.45) is 11.7 Å². The maximum atomic E-state index is 12.2. The van der Waals surface area contributed by atoms with Crippen molar-refractivity contribution in [3.8, 4) is 11.3 Å². The van der Waals surface area contributed by atoms with Gasteiger partial charge in [-0.15, -0.1) is 0 Å². The highest BCUT2D eigenvalue weighted by molar-refractivity contribution is 5.99. The van der Waals surface area contributed by atoms with Gasteiger partial charge in [-0.1, -0.05) is 30.3 Å². The number of nitrogens with zero attached hydrogens (tertiary/aromatic N) is 1. The SMILES string of the molecule is NC(CNC(=O)c1cn[nH]c1-c1ccccc1)C1CC1. The molecule has 1 aromatic heterocycles. The largest absolute Gasteiger partial charge is 0.350 e. The third-order valence-corrected chi connectivity index (χ3v) is 3.67. The third kappa shape index (κ3) is 2.72. The molecule has 0 bridgehead atoms. The van der Waals surface area contributed by atoms with E-state index in [1.54, 1.807) is 6.20 Å². The van der Waals surface area contributed by atoms with Crippen LogP contribution in [0.1, 0.15) is 23.2 Å². The van der Waals surface area contributed by atoms with Crippen molar-refractivity contribution in [1.29, 1.82) is 0 Å². The van der Waals surface area contributed by atoms with Crippen LogP contribution in [0.15, 0.2) is 36.5 Å². The van der Waals surface area contributed by atoms with Crippen LogP contribution in [0.5, 0.6) is 0 Å². The smallest absolute Gasteiger partial charge is 0.255 e. The number of benzene rings is 1. The summed E-state index contributed by atoms with van der Waals surface area (Å²) in [6.07, 6.45) is 3.91. The molecule has 2 aromatic rings. The molecule has 3 rings (SSSR count). The molecule has 1 aliphatic rings. The molecule has 1 fully saturated rings. The van der Waals surface area contributed by atoms with Gasteiger partial charge in [0.15, 0.2) is 0 Å². The topological polar surface area (TPSA) is 83.8 Å². The van der Waals surface area contributed by atoms with E-state index in [1.807, 2.05) is 30.3 Å². The predicted molar refractivity (Wildman–Crippen MR) is 77.1 cm³/mol. The Morgan fingerprint density at radius 3 is 2.85 bits per heavy atom. The summed E-state index contributed by atoms with van der Waals surface area (Å²) < 4.78 is 0. The van der Waals surface area contributed by atoms with Gasteiger partial charge in [-0.25, -0.2) is 0 Å². The van der Waals surface area contributed by atoms with E-state index in [0.717, 1.165) is 11.3 Å². The van der Waals surface area contributed by atoms with E-state index in [9.17, 15) is 4.79 Å². The number of carbonyl (C=O) groups is 1. The lowest BCUT2D eigenvalue weighted by Gasteiger charge is -2.11. The van der Waals surface area contributed by atoms with Crippen LogP contribution in [-0.4, -0.2) is 28.7 Å². The lowest BCUT2D eigenvalue weighted by molar-refractivity contribution is 0.0951. The molecule has 1 saturated carbocycles. The standard InChI is InChI=1S/C15H18N4O/c16-13(10-6-7-10)9-17-15(20)12-8-18-19-14(12)11-4-2-1-3-5-11/h1-5,8,10,13H,6-7,9,16H2,(H,17,20)(H,18,19). The van der Waals surface area contributed by atoms with Crippen molar-refractivity contribution in [3.63, 3.8) is 0 Å². The fourth-order valence-corrected chi connectivity index (χ4v) is 2.28. The van der Waals surface area contributed by atoms with Crippen LogP contribution < -0.4 is 11.1 Å². The Labute approximate surface area is 117 Å². The van der Waals surface area contributed by atoms with Crippen molar-refractivity contribution in [1.82, 2.24) is 15.5 Å². The number of carbonyl (C=O) groups excluding carboxylic acids is 1. The Balaban J connectivity index is 1.70. The van der Waals surface area contributed by atoms with Crippen LogP contribution in [0, 0.1) is 5.92 Å². The molecule has 5 nitrogen and oxygen atoms in total. The fraction of sp³-hybridized carbons (Fsp3) is 0.333. The lowest BCUT2D eigenvalue weighted by atomic mass is 10.1. The average molecular weight is 270 g/mol. The Morgan fingerprint density at radius 2 is 2.15 bits per heavy atom. The van der Waals surface area contributed by atoms with Gasteiger partial charge in [0.1, 0.15) is 0 Å². The first-order chi connectivity index (χ1) is 9.75. The van der Waals surface area contributed by atoms with Crippen molar-refractivity contribution in [2.45, 2.75) is 18.9 Å². The van der Waals surface area contributed by atoms with E-state index in [2.05, 4.69) is 15.5 Å². The molecule has 1 amide bonds. The summed E-state index contributed by atoms with van der Waals surface area (Å²) in [6.45, 7) is 0.517. The quantitative estimate of drug-likeness (QED) is 0.770. The minimum Gasteiger partial charge on any atom is -0.350 e. The van der Waals surface area contributed by atoms with Gasteiger partial charge in [-0.3, -0.25) is 9.89 Å². The maximum Gasteiger partial charge on any atom is 0.255 e. The summed E-state index contributed by atoms with van der Waals surface area (Å²) in [5.41, 5.74) is 8.23. The second-order valence-corrected chi connectivity index (χ2v) is 5.24. The van der Waals surface area contributed by atoms with Crippen molar-refractivity contribution in [3.05, 3.63) is 42.1 Å². The summed E-state index contributed by atoms with van der Waals surface area (Å²) in [4.78, 5) is 12.2. The molecule has 1 aliphatic carbocycles. The first-order valence-electron chi connectivity index (χ1n) is 6.88. The van der Waals surface area contributed by atoms with Gasteiger partial charge in [0.05, 0.1) is 17.5 Å². The van der Waals surface area contributed by atoms with E-state index in [0.29, 0.717) is 18.0 Å². The van der Waals surface area contributed by atoms with Crippen LogP contribution >= 0.6 is 0 Å². The minimum atomic E-state index is -0.131. The van der Waals surface area contributed by atoms with Gasteiger partial charge in [-0.2, -0.15) is 5.10 Å². The zero-order valence-corrected chi connectivity index (χ0v) is 11.2. The molecular weight excluding hydrogens is 252 g/mol. The molecule has 0 spiro atoms. The van der Waals surface area contributed by atoms with Gasteiger partial charge in [0.2, 0.25) is 0 Å². The number of aromatic amines is 1. The van der Waals surface area contributed by atoms with E-state index in [-0.39, 0.29) is 11.9 Å². The lowest BCUT2D eigenvalue weighted by Crippen LogP contribution is -2.38. The summed E-state index contributed by atoms with van der Waals surface area (Å²) >= 11 is 0. The minimum absolute atomic E-state index is 0.0611. The Morgan fingerprint density at radius 1 is 1.40 bits per heavy atom. The number of hydrogen-bond acceptors (Lipinski definition) is 3. The molecule has 0 radical (unpaired) electrons. The van der Waals surface area contributed by atoms with Gasteiger partial charge >= 0.3 is 0 Å². The molecule has 1 unspecified atom stereocenters. The second-order valence-electron chi connectivity index (χ2n) is 5.24. The van der Waals surface area contributed by atoms with Crippen LogP contribution in [-0.2, 0) is 0 Å². The predicted octanol–water partition coefficient (Wildman–Crippen LogP) is 1.54. The first-order valence-corrected chi connectivity index (χ1v) is 6.88. The number of nitrogens with one attached hydrogen (secondary N) is 2. The van der Waals surface area contributed by atoms with Gasteiger partial charge in [0, 0.05) is 18.2 Å². The molecule has 20 heavy (non-hydrogen) atoms. The average Bonchev–Trinajstić information content (AvgIpc) is 3.22. The Kier molecular flexibility index (Phi) is 3.52. The molecule has 5 heteroatoms. The van der Waals surface area contributed by atoms with Crippen molar-refractivity contribution in [2.75, 3.05) is 6.54 Å². The Bertz CT molecular complexity index is 589. The molecule has 0 saturated heterocycles. The van der Waals surface area contributed by atoms with Crippen molar-refractivity contribution >= 4 is 5.91 Å². The van der Waals surface area contributed by atoms with Gasteiger partial charge in [0.25, 0.3) is 5.91 Å². The molecule has 4 N–H and O–H groups in total. The zero-order chi connectivity index (χ0) is 13.9. The summed E-state index contributed by atoms with van der Waals surface area (Å²) in [5, 5.41) is 9.75. The summed E-state index contributed by atoms with van der Waals surface area (Å²) in [6, 6.07) is 9.75. The number of rotatable bonds is 5. The summed E-state index contributed by atoms with van der Waals surface area (Å²) in [5.74, 6) is 0.446. The zero-order valence-electron chi connectivity index (χ0n) is 11.2. The summed E-state index contributed by atoms with van der Waals surface area (Å²) in [7, 11) is 0. The number of H-pyrrole nitrogens is 1. The first kappa shape index (κ1) is 12.9. The Hall–Kier alpha value is -2.14. The molecule has 1 atom stereocenters.